The minimum absolute atomic E-state index is 0.0670. The van der Waals surface area contributed by atoms with Gasteiger partial charge in [0.05, 0.1) is 12.1 Å². The van der Waals surface area contributed by atoms with Crippen LogP contribution in [0.3, 0.4) is 0 Å². The van der Waals surface area contributed by atoms with Gasteiger partial charge in [-0.15, -0.1) is 0 Å². The average Bonchev–Trinajstić information content (AvgIpc) is 2.48. The molecule has 2 N–H and O–H groups in total. The maximum Gasteiger partial charge on any atom is 0.256 e. The molecule has 22 heavy (non-hydrogen) atoms. The minimum Gasteiger partial charge on any atom is -0.478 e. The van der Waals surface area contributed by atoms with Crippen molar-refractivity contribution in [3.8, 4) is 5.88 Å². The van der Waals surface area contributed by atoms with Crippen molar-refractivity contribution in [2.24, 2.45) is 5.92 Å². The van der Waals surface area contributed by atoms with E-state index in [2.05, 4.69) is 29.1 Å². The molecular formula is C16H21N3O3. The number of carbonyl (C=O) groups is 1. The number of H-pyrrole nitrogens is 1. The Morgan fingerprint density at radius 1 is 1.41 bits per heavy atom. The Labute approximate surface area is 128 Å². The second-order valence-corrected chi connectivity index (χ2v) is 5.45. The van der Waals surface area contributed by atoms with Crippen LogP contribution in [0.25, 0.3) is 11.0 Å². The molecule has 6 nitrogen and oxygen atoms in total. The van der Waals surface area contributed by atoms with Gasteiger partial charge in [0, 0.05) is 18.8 Å². The molecule has 0 aliphatic heterocycles. The summed E-state index contributed by atoms with van der Waals surface area (Å²) < 4.78 is 5.30. The number of aromatic amines is 1. The van der Waals surface area contributed by atoms with E-state index >= 15 is 0 Å². The zero-order valence-corrected chi connectivity index (χ0v) is 13.1. The Balaban J connectivity index is 2.29. The summed E-state index contributed by atoms with van der Waals surface area (Å²) in [6.07, 6.45) is 2.29. The largest absolute Gasteiger partial charge is 0.478 e. The summed E-state index contributed by atoms with van der Waals surface area (Å²) in [4.78, 5) is 31.6. The minimum atomic E-state index is -0.391. The van der Waals surface area contributed by atoms with Gasteiger partial charge in [-0.3, -0.25) is 9.59 Å². The van der Waals surface area contributed by atoms with Crippen LogP contribution in [0.5, 0.6) is 5.88 Å². The molecule has 1 amide bonds. The molecule has 0 unspecified atom stereocenters. The molecule has 0 spiro atoms. The number of rotatable bonds is 6. The van der Waals surface area contributed by atoms with Crippen molar-refractivity contribution >= 4 is 16.9 Å². The lowest BCUT2D eigenvalue weighted by Gasteiger charge is -2.08. The number of nitrogens with zero attached hydrogens (tertiary/aromatic N) is 1. The van der Waals surface area contributed by atoms with E-state index in [0.29, 0.717) is 30.5 Å². The van der Waals surface area contributed by atoms with Crippen molar-refractivity contribution in [1.29, 1.82) is 0 Å². The van der Waals surface area contributed by atoms with E-state index in [9.17, 15) is 9.59 Å². The summed E-state index contributed by atoms with van der Waals surface area (Å²) in [6.45, 7) is 7.00. The molecular weight excluding hydrogens is 282 g/mol. The van der Waals surface area contributed by atoms with E-state index < -0.39 is 5.43 Å². The number of ether oxygens (including phenoxy) is 1. The molecule has 2 rings (SSSR count). The smallest absolute Gasteiger partial charge is 0.256 e. The van der Waals surface area contributed by atoms with Crippen molar-refractivity contribution in [2.45, 2.75) is 27.2 Å². The first kappa shape index (κ1) is 16.0. The Morgan fingerprint density at radius 2 is 2.18 bits per heavy atom. The Kier molecular flexibility index (Phi) is 5.14. The highest BCUT2D eigenvalue weighted by Gasteiger charge is 2.14. The van der Waals surface area contributed by atoms with Crippen molar-refractivity contribution < 1.29 is 9.53 Å². The van der Waals surface area contributed by atoms with Gasteiger partial charge in [0.15, 0.2) is 0 Å². The number of aromatic nitrogens is 2. The zero-order valence-electron chi connectivity index (χ0n) is 13.1. The fraction of sp³-hybridized carbons (Fsp3) is 0.438. The third-order valence-corrected chi connectivity index (χ3v) is 3.25. The van der Waals surface area contributed by atoms with E-state index in [1.807, 2.05) is 6.92 Å². The summed E-state index contributed by atoms with van der Waals surface area (Å²) in [6, 6.07) is 3.40. The number of hydrogen-bond acceptors (Lipinski definition) is 4. The van der Waals surface area contributed by atoms with Gasteiger partial charge in [-0.1, -0.05) is 13.8 Å². The van der Waals surface area contributed by atoms with Gasteiger partial charge in [0.1, 0.15) is 11.1 Å². The van der Waals surface area contributed by atoms with Crippen LogP contribution < -0.4 is 15.5 Å². The average molecular weight is 303 g/mol. The molecule has 2 aromatic heterocycles. The van der Waals surface area contributed by atoms with E-state index in [-0.39, 0.29) is 17.0 Å². The van der Waals surface area contributed by atoms with E-state index in [1.54, 1.807) is 12.1 Å². The van der Waals surface area contributed by atoms with Gasteiger partial charge < -0.3 is 15.0 Å². The fourth-order valence-electron chi connectivity index (χ4n) is 2.04. The first-order valence-corrected chi connectivity index (χ1v) is 7.46. The second-order valence-electron chi connectivity index (χ2n) is 5.45. The Morgan fingerprint density at radius 3 is 2.86 bits per heavy atom. The highest BCUT2D eigenvalue weighted by molar-refractivity contribution is 5.96. The third kappa shape index (κ3) is 3.63. The van der Waals surface area contributed by atoms with Crippen LogP contribution in [0, 0.1) is 5.92 Å². The molecule has 2 heterocycles. The van der Waals surface area contributed by atoms with Gasteiger partial charge in [0.2, 0.25) is 11.3 Å². The molecule has 0 radical (unpaired) electrons. The lowest BCUT2D eigenvalue weighted by Crippen LogP contribution is -2.30. The summed E-state index contributed by atoms with van der Waals surface area (Å²) in [7, 11) is 0. The molecule has 2 aromatic rings. The number of fused-ring (bicyclic) bond motifs is 1. The van der Waals surface area contributed by atoms with Gasteiger partial charge in [0.25, 0.3) is 5.91 Å². The molecule has 0 aromatic carbocycles. The van der Waals surface area contributed by atoms with Crippen LogP contribution >= 0.6 is 0 Å². The van der Waals surface area contributed by atoms with Crippen LogP contribution in [-0.2, 0) is 0 Å². The molecule has 0 aliphatic rings. The number of pyridine rings is 2. The van der Waals surface area contributed by atoms with Crippen LogP contribution in [-0.4, -0.2) is 29.0 Å². The van der Waals surface area contributed by atoms with Crippen LogP contribution in [0.4, 0.5) is 0 Å². The molecule has 0 saturated carbocycles. The van der Waals surface area contributed by atoms with Gasteiger partial charge >= 0.3 is 0 Å². The normalized spacial score (nSPS) is 10.9. The summed E-state index contributed by atoms with van der Waals surface area (Å²) >= 11 is 0. The van der Waals surface area contributed by atoms with E-state index in [1.165, 1.54) is 6.20 Å². The molecule has 0 fully saturated rings. The van der Waals surface area contributed by atoms with Crippen molar-refractivity contribution in [1.82, 2.24) is 15.3 Å². The topological polar surface area (TPSA) is 84.1 Å². The summed E-state index contributed by atoms with van der Waals surface area (Å²) in [5, 5.41) is 2.76. The number of nitrogens with one attached hydrogen (secondary N) is 2. The zero-order chi connectivity index (χ0) is 16.1. The number of hydrogen-bond donors (Lipinski definition) is 2. The quantitative estimate of drug-likeness (QED) is 0.856. The number of amides is 1. The highest BCUT2D eigenvalue weighted by Crippen LogP contribution is 2.12. The monoisotopic (exact) mass is 303 g/mol. The second kappa shape index (κ2) is 7.06. The maximum absolute atomic E-state index is 12.4. The van der Waals surface area contributed by atoms with E-state index in [0.717, 1.165) is 6.42 Å². The predicted molar refractivity (Wildman–Crippen MR) is 85.3 cm³/mol. The van der Waals surface area contributed by atoms with Crippen molar-refractivity contribution in [3.63, 3.8) is 0 Å². The van der Waals surface area contributed by atoms with Crippen molar-refractivity contribution in [2.75, 3.05) is 13.2 Å². The molecule has 6 heteroatoms. The van der Waals surface area contributed by atoms with Gasteiger partial charge in [-0.2, -0.15) is 0 Å². The molecule has 118 valence electrons. The van der Waals surface area contributed by atoms with Crippen LogP contribution in [0.2, 0.25) is 0 Å². The van der Waals surface area contributed by atoms with Crippen LogP contribution in [0.1, 0.15) is 37.6 Å². The third-order valence-electron chi connectivity index (χ3n) is 3.25. The fourth-order valence-corrected chi connectivity index (χ4v) is 2.04. The lowest BCUT2D eigenvalue weighted by molar-refractivity contribution is 0.0950. The van der Waals surface area contributed by atoms with Crippen LogP contribution in [0.15, 0.2) is 23.1 Å². The molecule has 0 aliphatic carbocycles. The summed E-state index contributed by atoms with van der Waals surface area (Å²) in [5.74, 6) is 0.482. The molecule has 0 saturated heterocycles. The first-order chi connectivity index (χ1) is 10.5. The standard InChI is InChI=1S/C16H21N3O3/c1-4-22-13-6-5-12-14(19-13)15(20)11(9-18-12)16(21)17-8-7-10(2)3/h5-6,9-10H,4,7-8H2,1-3H3,(H,17,21)(H,18,20). The van der Waals surface area contributed by atoms with Crippen molar-refractivity contribution in [3.05, 3.63) is 34.1 Å². The first-order valence-electron chi connectivity index (χ1n) is 7.46. The SMILES string of the molecule is CCOc1ccc2[nH]cc(C(=O)NCCC(C)C)c(=O)c2n1. The van der Waals surface area contributed by atoms with Gasteiger partial charge in [-0.25, -0.2) is 4.98 Å². The number of carbonyl (C=O) groups excluding carboxylic acids is 1. The predicted octanol–water partition coefficient (Wildman–Crippen LogP) is 2.10. The van der Waals surface area contributed by atoms with E-state index in [4.69, 9.17) is 4.74 Å². The molecule has 0 bridgehead atoms. The maximum atomic E-state index is 12.4. The summed E-state index contributed by atoms with van der Waals surface area (Å²) in [5.41, 5.74) is 0.462. The Bertz CT molecular complexity index is 722. The lowest BCUT2D eigenvalue weighted by atomic mass is 10.1. The molecule has 0 atom stereocenters. The van der Waals surface area contributed by atoms with Gasteiger partial charge in [-0.05, 0) is 25.3 Å². The highest BCUT2D eigenvalue weighted by atomic mass is 16.5. The Hall–Kier alpha value is -2.37.